The Morgan fingerprint density at radius 2 is 2.00 bits per heavy atom. The summed E-state index contributed by atoms with van der Waals surface area (Å²) in [6.07, 6.45) is 2.50. The molecule has 4 N–H and O–H groups in total. The molecule has 7 nitrogen and oxygen atoms in total. The molecule has 0 aliphatic carbocycles. The van der Waals surface area contributed by atoms with Crippen molar-refractivity contribution in [1.29, 1.82) is 0 Å². The van der Waals surface area contributed by atoms with Gasteiger partial charge in [0.05, 0.1) is 0 Å². The van der Waals surface area contributed by atoms with E-state index in [-0.39, 0.29) is 0 Å². The van der Waals surface area contributed by atoms with Crippen LogP contribution < -0.4 is 26.1 Å². The number of ether oxygens (including phenoxy) is 2. The second-order valence-electron chi connectivity index (χ2n) is 4.56. The number of benzene rings is 1. The Morgan fingerprint density at radius 1 is 1.14 bits per heavy atom. The van der Waals surface area contributed by atoms with E-state index in [1.54, 1.807) is 12.3 Å². The van der Waals surface area contributed by atoms with Gasteiger partial charge in [-0.15, -0.1) is 0 Å². The Balaban J connectivity index is 1.57. The standard InChI is InChI=1S/C14H17N5O2/c15-19-14-17-6-4-13(18-14)16-5-3-10-1-2-11-12(9-10)21-8-7-20-11/h1-2,4,6,9H,3,5,7-8,15H2,(H2,16,17,18,19). The van der Waals surface area contributed by atoms with E-state index in [4.69, 9.17) is 15.3 Å². The largest absolute Gasteiger partial charge is 0.486 e. The maximum absolute atomic E-state index is 5.57. The van der Waals surface area contributed by atoms with Crippen molar-refractivity contribution in [2.24, 2.45) is 5.84 Å². The van der Waals surface area contributed by atoms with Gasteiger partial charge in [-0.1, -0.05) is 6.07 Å². The minimum absolute atomic E-state index is 0.388. The Kier molecular flexibility index (Phi) is 4.02. The fraction of sp³-hybridized carbons (Fsp3) is 0.286. The highest BCUT2D eigenvalue weighted by Crippen LogP contribution is 2.30. The molecule has 0 amide bonds. The van der Waals surface area contributed by atoms with Crippen LogP contribution in [0.15, 0.2) is 30.5 Å². The van der Waals surface area contributed by atoms with Crippen molar-refractivity contribution in [2.75, 3.05) is 30.5 Å². The van der Waals surface area contributed by atoms with Gasteiger partial charge in [-0.3, -0.25) is 5.43 Å². The van der Waals surface area contributed by atoms with Gasteiger partial charge in [-0.2, -0.15) is 4.98 Å². The predicted molar refractivity (Wildman–Crippen MR) is 79.5 cm³/mol. The predicted octanol–water partition coefficient (Wildman–Crippen LogP) is 1.19. The molecule has 2 heterocycles. The third kappa shape index (κ3) is 3.32. The lowest BCUT2D eigenvalue weighted by molar-refractivity contribution is 0.171. The number of anilines is 2. The number of nitrogens with two attached hydrogens (primary N) is 1. The zero-order valence-electron chi connectivity index (χ0n) is 11.5. The highest BCUT2D eigenvalue weighted by Gasteiger charge is 2.11. The van der Waals surface area contributed by atoms with Crippen LogP contribution in [0.4, 0.5) is 11.8 Å². The van der Waals surface area contributed by atoms with Crippen molar-refractivity contribution >= 4 is 11.8 Å². The van der Waals surface area contributed by atoms with Gasteiger partial charge in [0.25, 0.3) is 0 Å². The van der Waals surface area contributed by atoms with Crippen LogP contribution in [-0.2, 0) is 6.42 Å². The summed E-state index contributed by atoms with van der Waals surface area (Å²) in [6.45, 7) is 1.96. The fourth-order valence-electron chi connectivity index (χ4n) is 2.10. The van der Waals surface area contributed by atoms with Gasteiger partial charge in [-0.25, -0.2) is 10.8 Å². The number of fused-ring (bicyclic) bond motifs is 1. The number of aromatic nitrogens is 2. The molecule has 0 saturated heterocycles. The van der Waals surface area contributed by atoms with Gasteiger partial charge in [0.15, 0.2) is 11.5 Å². The molecule has 1 aliphatic heterocycles. The smallest absolute Gasteiger partial charge is 0.239 e. The second-order valence-corrected chi connectivity index (χ2v) is 4.56. The number of nitrogen functional groups attached to an aromatic ring is 1. The Hall–Kier alpha value is -2.54. The van der Waals surface area contributed by atoms with Crippen LogP contribution in [0.5, 0.6) is 11.5 Å². The van der Waals surface area contributed by atoms with Gasteiger partial charge in [0.2, 0.25) is 5.95 Å². The average molecular weight is 287 g/mol. The number of hydrogen-bond donors (Lipinski definition) is 3. The Labute approximate surface area is 122 Å². The van der Waals surface area contributed by atoms with Crippen LogP contribution in [0, 0.1) is 0 Å². The summed E-state index contributed by atoms with van der Waals surface area (Å²) in [5.74, 6) is 8.02. The van der Waals surface area contributed by atoms with E-state index >= 15 is 0 Å². The summed E-state index contributed by atoms with van der Waals surface area (Å²) < 4.78 is 11.1. The summed E-state index contributed by atoms with van der Waals surface area (Å²) >= 11 is 0. The van der Waals surface area contributed by atoms with E-state index in [9.17, 15) is 0 Å². The molecule has 3 rings (SSSR count). The van der Waals surface area contributed by atoms with Gasteiger partial charge in [0.1, 0.15) is 19.0 Å². The average Bonchev–Trinajstić information content (AvgIpc) is 2.55. The van der Waals surface area contributed by atoms with Crippen molar-refractivity contribution in [1.82, 2.24) is 9.97 Å². The first-order valence-corrected chi connectivity index (χ1v) is 6.77. The zero-order chi connectivity index (χ0) is 14.5. The lowest BCUT2D eigenvalue weighted by atomic mass is 10.1. The van der Waals surface area contributed by atoms with Crippen LogP contribution in [0.1, 0.15) is 5.56 Å². The normalized spacial score (nSPS) is 12.8. The first-order valence-electron chi connectivity index (χ1n) is 6.77. The summed E-state index contributed by atoms with van der Waals surface area (Å²) in [5, 5.41) is 3.23. The quantitative estimate of drug-likeness (QED) is 0.561. The molecule has 0 fully saturated rings. The number of hydrazine groups is 1. The van der Waals surface area contributed by atoms with Crippen molar-refractivity contribution < 1.29 is 9.47 Å². The van der Waals surface area contributed by atoms with E-state index in [2.05, 4.69) is 20.7 Å². The molecule has 1 aromatic carbocycles. The lowest BCUT2D eigenvalue weighted by Gasteiger charge is -2.18. The number of rotatable bonds is 5. The van der Waals surface area contributed by atoms with Gasteiger partial charge in [-0.05, 0) is 30.2 Å². The molecule has 7 heteroatoms. The van der Waals surface area contributed by atoms with Crippen molar-refractivity contribution in [3.8, 4) is 11.5 Å². The molecule has 0 saturated carbocycles. The molecule has 0 radical (unpaired) electrons. The molecular weight excluding hydrogens is 270 g/mol. The molecule has 0 spiro atoms. The van der Waals surface area contributed by atoms with Crippen molar-refractivity contribution in [2.45, 2.75) is 6.42 Å². The maximum Gasteiger partial charge on any atom is 0.239 e. The highest BCUT2D eigenvalue weighted by molar-refractivity contribution is 5.44. The van der Waals surface area contributed by atoms with E-state index < -0.39 is 0 Å². The lowest BCUT2D eigenvalue weighted by Crippen LogP contribution is -2.15. The highest BCUT2D eigenvalue weighted by atomic mass is 16.6. The maximum atomic E-state index is 5.57. The van der Waals surface area contributed by atoms with Crippen LogP contribution in [0.3, 0.4) is 0 Å². The summed E-state index contributed by atoms with van der Waals surface area (Å²) in [4.78, 5) is 8.14. The van der Waals surface area contributed by atoms with Crippen LogP contribution in [0.2, 0.25) is 0 Å². The molecule has 21 heavy (non-hydrogen) atoms. The van der Waals surface area contributed by atoms with E-state index in [0.29, 0.717) is 19.2 Å². The monoisotopic (exact) mass is 287 g/mol. The van der Waals surface area contributed by atoms with Gasteiger partial charge < -0.3 is 14.8 Å². The van der Waals surface area contributed by atoms with Crippen molar-refractivity contribution in [3.63, 3.8) is 0 Å². The molecule has 1 aliphatic rings. The molecule has 2 aromatic rings. The van der Waals surface area contributed by atoms with Crippen LogP contribution in [-0.4, -0.2) is 29.7 Å². The van der Waals surface area contributed by atoms with Gasteiger partial charge in [0, 0.05) is 12.7 Å². The minimum atomic E-state index is 0.388. The van der Waals surface area contributed by atoms with Crippen LogP contribution >= 0.6 is 0 Å². The zero-order valence-corrected chi connectivity index (χ0v) is 11.5. The third-order valence-corrected chi connectivity index (χ3v) is 3.11. The summed E-state index contributed by atoms with van der Waals surface area (Å²) in [6, 6.07) is 7.81. The van der Waals surface area contributed by atoms with E-state index in [1.165, 1.54) is 5.56 Å². The molecule has 0 bridgehead atoms. The molecule has 0 atom stereocenters. The molecular formula is C14H17N5O2. The first-order chi connectivity index (χ1) is 10.3. The molecule has 110 valence electrons. The Morgan fingerprint density at radius 3 is 2.86 bits per heavy atom. The molecule has 0 unspecified atom stereocenters. The summed E-state index contributed by atoms with van der Waals surface area (Å²) in [5.41, 5.74) is 3.60. The second kappa shape index (κ2) is 6.27. The van der Waals surface area contributed by atoms with Crippen molar-refractivity contribution in [3.05, 3.63) is 36.0 Å². The number of nitrogens with zero attached hydrogens (tertiary/aromatic N) is 2. The fourth-order valence-corrected chi connectivity index (χ4v) is 2.10. The number of hydrogen-bond acceptors (Lipinski definition) is 7. The number of nitrogens with one attached hydrogen (secondary N) is 2. The summed E-state index contributed by atoms with van der Waals surface area (Å²) in [7, 11) is 0. The SMILES string of the molecule is NNc1nccc(NCCc2ccc3c(c2)OCCO3)n1. The minimum Gasteiger partial charge on any atom is -0.486 e. The Bertz CT molecular complexity index is 620. The van der Waals surface area contributed by atoms with Gasteiger partial charge >= 0.3 is 0 Å². The van der Waals surface area contributed by atoms with E-state index in [0.717, 1.165) is 30.3 Å². The van der Waals surface area contributed by atoms with E-state index in [1.807, 2.05) is 18.2 Å². The third-order valence-electron chi connectivity index (χ3n) is 3.11. The topological polar surface area (TPSA) is 94.3 Å². The first kappa shape index (κ1) is 13.4. The molecule has 1 aromatic heterocycles. The van der Waals surface area contributed by atoms with Crippen LogP contribution in [0.25, 0.3) is 0 Å².